The van der Waals surface area contributed by atoms with E-state index < -0.39 is 21.7 Å². The third kappa shape index (κ3) is 6.54. The number of alkyl halides is 1. The molecule has 0 saturated carbocycles. The number of carbonyl (C=O) groups excluding carboxylic acids is 1. The fraction of sp³-hybridized carbons (Fsp3) is 0.611. The van der Waals surface area contributed by atoms with Crippen LogP contribution in [-0.2, 0) is 20.5 Å². The number of carbonyl (C=O) groups is 1. The summed E-state index contributed by atoms with van der Waals surface area (Å²) < 4.78 is 20.3. The highest BCUT2D eigenvalue weighted by Crippen LogP contribution is 2.26. The smallest absolute Gasteiger partial charge is 0.314 e. The average molecular weight is 374 g/mol. The van der Waals surface area contributed by atoms with Crippen molar-refractivity contribution in [1.82, 2.24) is 4.72 Å². The molecule has 0 heterocycles. The summed E-state index contributed by atoms with van der Waals surface area (Å²) >= 11 is 5.78. The fourth-order valence-corrected chi connectivity index (χ4v) is 3.46. The van der Waals surface area contributed by atoms with Crippen LogP contribution in [0.4, 0.5) is 0 Å². The molecule has 1 unspecified atom stereocenters. The molecule has 136 valence electrons. The lowest BCUT2D eigenvalue weighted by molar-refractivity contribution is -0.143. The summed E-state index contributed by atoms with van der Waals surface area (Å²) in [5.74, 6) is -0.253. The van der Waals surface area contributed by atoms with E-state index in [0.29, 0.717) is 12.3 Å². The Balaban J connectivity index is 3.09. The van der Waals surface area contributed by atoms with Crippen molar-refractivity contribution in [2.45, 2.75) is 56.7 Å². The van der Waals surface area contributed by atoms with Gasteiger partial charge in [-0.05, 0) is 39.2 Å². The zero-order valence-corrected chi connectivity index (χ0v) is 16.5. The molecule has 1 aromatic carbocycles. The number of hydrogen-bond acceptors (Lipinski definition) is 3. The minimum Gasteiger partial charge on any atom is -0.469 e. The van der Waals surface area contributed by atoms with Gasteiger partial charge < -0.3 is 4.74 Å². The van der Waals surface area contributed by atoms with Gasteiger partial charge in [0.15, 0.2) is 0 Å². The number of nitrogens with one attached hydrogen (secondary N) is 1. The van der Waals surface area contributed by atoms with E-state index in [1.807, 2.05) is 51.1 Å². The summed E-state index contributed by atoms with van der Waals surface area (Å²) in [6.45, 7) is 5.71. The molecule has 4 nitrogen and oxygen atoms in total. The molecule has 1 N–H and O–H groups in total. The molecule has 0 aromatic heterocycles. The topological polar surface area (TPSA) is 55.4 Å². The fourth-order valence-electron chi connectivity index (χ4n) is 2.39. The first-order chi connectivity index (χ1) is 11.3. The van der Waals surface area contributed by atoms with Gasteiger partial charge in [-0.25, -0.2) is 8.93 Å². The molecule has 0 spiro atoms. The van der Waals surface area contributed by atoms with Crippen LogP contribution >= 0.6 is 11.6 Å². The molecule has 6 heteroatoms. The van der Waals surface area contributed by atoms with E-state index in [0.717, 1.165) is 18.4 Å². The highest BCUT2D eigenvalue weighted by molar-refractivity contribution is 7.84. The second-order valence-corrected chi connectivity index (χ2v) is 9.08. The molecule has 3 atom stereocenters. The van der Waals surface area contributed by atoms with Gasteiger partial charge in [-0.1, -0.05) is 36.8 Å². The summed E-state index contributed by atoms with van der Waals surface area (Å²) in [4.78, 5) is 12.4. The van der Waals surface area contributed by atoms with Crippen LogP contribution in [0.15, 0.2) is 30.3 Å². The van der Waals surface area contributed by atoms with Crippen molar-refractivity contribution in [2.24, 2.45) is 0 Å². The summed E-state index contributed by atoms with van der Waals surface area (Å²) in [5, 5.41) is 0. The van der Waals surface area contributed by atoms with Crippen molar-refractivity contribution in [2.75, 3.05) is 13.0 Å². The molecule has 0 bridgehead atoms. The molecule has 24 heavy (non-hydrogen) atoms. The Morgan fingerprint density at radius 1 is 1.25 bits per heavy atom. The van der Waals surface area contributed by atoms with Crippen molar-refractivity contribution < 1.29 is 13.7 Å². The number of halogens is 1. The molecule has 1 aromatic rings. The van der Waals surface area contributed by atoms with Crippen molar-refractivity contribution >= 4 is 28.6 Å². The number of rotatable bonds is 9. The lowest BCUT2D eigenvalue weighted by Gasteiger charge is -2.29. The van der Waals surface area contributed by atoms with E-state index in [1.54, 1.807) is 0 Å². The van der Waals surface area contributed by atoms with E-state index in [-0.39, 0.29) is 12.0 Å². The van der Waals surface area contributed by atoms with Gasteiger partial charge in [0.05, 0.1) is 28.8 Å². The van der Waals surface area contributed by atoms with Gasteiger partial charge in [-0.15, -0.1) is 11.6 Å². The molecular weight excluding hydrogens is 346 g/mol. The normalized spacial score (nSPS) is 15.5. The van der Waals surface area contributed by atoms with Crippen LogP contribution in [-0.4, -0.2) is 34.0 Å². The van der Waals surface area contributed by atoms with Crippen molar-refractivity contribution in [3.63, 3.8) is 0 Å². The highest BCUT2D eigenvalue weighted by atomic mass is 35.5. The standard InChI is InChI=1S/C18H28ClNO3S/c1-18(2,3)24(22)20-15(12-8-9-13-19)16(17(21)23-4)14-10-6-5-7-11-14/h5-7,10-11,15-16,20H,8-9,12-13H2,1-4H3/t15-,16-,24?/m1/s1. The Kier molecular flexibility index (Phi) is 8.95. The van der Waals surface area contributed by atoms with Crippen molar-refractivity contribution in [3.8, 4) is 0 Å². The predicted molar refractivity (Wildman–Crippen MR) is 101 cm³/mol. The zero-order chi connectivity index (χ0) is 18.2. The van der Waals surface area contributed by atoms with E-state index >= 15 is 0 Å². The largest absolute Gasteiger partial charge is 0.469 e. The van der Waals surface area contributed by atoms with Gasteiger partial charge in [0, 0.05) is 11.9 Å². The second-order valence-electron chi connectivity index (χ2n) is 6.70. The van der Waals surface area contributed by atoms with Gasteiger partial charge in [0.2, 0.25) is 0 Å². The Hall–Kier alpha value is -0.910. The molecule has 1 rings (SSSR count). The lowest BCUT2D eigenvalue weighted by atomic mass is 9.89. The zero-order valence-electron chi connectivity index (χ0n) is 14.9. The van der Waals surface area contributed by atoms with E-state index in [9.17, 15) is 9.00 Å². The maximum atomic E-state index is 12.6. The van der Waals surface area contributed by atoms with Crippen molar-refractivity contribution in [1.29, 1.82) is 0 Å². The predicted octanol–water partition coefficient (Wildman–Crippen LogP) is 3.77. The molecule has 0 aliphatic heterocycles. The Morgan fingerprint density at radius 3 is 2.38 bits per heavy atom. The summed E-state index contributed by atoms with van der Waals surface area (Å²) in [6.07, 6.45) is 2.40. The second kappa shape index (κ2) is 10.2. The SMILES string of the molecule is COC(=O)[C@H](c1ccccc1)[C@@H](CCCCCl)NS(=O)C(C)(C)C. The van der Waals surface area contributed by atoms with E-state index in [2.05, 4.69) is 4.72 Å². The number of unbranched alkanes of at least 4 members (excludes halogenated alkanes) is 1. The molecule has 0 radical (unpaired) electrons. The summed E-state index contributed by atoms with van der Waals surface area (Å²) in [5.41, 5.74) is 0.860. The van der Waals surface area contributed by atoms with Crippen LogP contribution < -0.4 is 4.72 Å². The molecule has 0 saturated heterocycles. The van der Waals surface area contributed by atoms with Crippen molar-refractivity contribution in [3.05, 3.63) is 35.9 Å². The summed E-state index contributed by atoms with van der Waals surface area (Å²) in [6, 6.07) is 9.21. The first-order valence-corrected chi connectivity index (χ1v) is 9.86. The van der Waals surface area contributed by atoms with Crippen LogP contribution in [0.25, 0.3) is 0 Å². The van der Waals surface area contributed by atoms with Gasteiger partial charge in [-0.2, -0.15) is 0 Å². The van der Waals surface area contributed by atoms with E-state index in [4.69, 9.17) is 16.3 Å². The Bertz CT molecular complexity index is 531. The average Bonchev–Trinajstić information content (AvgIpc) is 2.55. The monoisotopic (exact) mass is 373 g/mol. The molecule has 0 amide bonds. The van der Waals surface area contributed by atoms with Crippen LogP contribution in [0.2, 0.25) is 0 Å². The Morgan fingerprint density at radius 2 is 1.88 bits per heavy atom. The highest BCUT2D eigenvalue weighted by Gasteiger charge is 2.33. The molecular formula is C18H28ClNO3S. The first kappa shape index (κ1) is 21.1. The molecule has 0 fully saturated rings. The van der Waals surface area contributed by atoms with Gasteiger partial charge >= 0.3 is 5.97 Å². The van der Waals surface area contributed by atoms with E-state index in [1.165, 1.54) is 7.11 Å². The van der Waals surface area contributed by atoms with Gasteiger partial charge in [0.1, 0.15) is 0 Å². The number of methoxy groups -OCH3 is 1. The van der Waals surface area contributed by atoms with Crippen LogP contribution in [0.5, 0.6) is 0 Å². The third-order valence-electron chi connectivity index (χ3n) is 3.73. The third-order valence-corrected chi connectivity index (χ3v) is 5.63. The van der Waals surface area contributed by atoms with Gasteiger partial charge in [-0.3, -0.25) is 4.79 Å². The quantitative estimate of drug-likeness (QED) is 0.407. The van der Waals surface area contributed by atoms with Crippen LogP contribution in [0.3, 0.4) is 0 Å². The summed E-state index contributed by atoms with van der Waals surface area (Å²) in [7, 11) is 0.107. The maximum absolute atomic E-state index is 12.6. The molecule has 0 aliphatic carbocycles. The van der Waals surface area contributed by atoms with Gasteiger partial charge in [0.25, 0.3) is 0 Å². The minimum absolute atomic E-state index is 0.275. The molecule has 0 aliphatic rings. The minimum atomic E-state index is -1.28. The van der Waals surface area contributed by atoms with Crippen LogP contribution in [0.1, 0.15) is 51.5 Å². The number of ether oxygens (including phenoxy) is 1. The first-order valence-electron chi connectivity index (χ1n) is 8.18. The number of hydrogen-bond donors (Lipinski definition) is 1. The lowest BCUT2D eigenvalue weighted by Crippen LogP contribution is -2.45. The number of benzene rings is 1. The van der Waals surface area contributed by atoms with Crippen LogP contribution in [0, 0.1) is 0 Å². The maximum Gasteiger partial charge on any atom is 0.314 e. The Labute approximate surface area is 152 Å². The number of esters is 1.